The summed E-state index contributed by atoms with van der Waals surface area (Å²) in [5.74, 6) is 7.21. The second kappa shape index (κ2) is 3.55. The summed E-state index contributed by atoms with van der Waals surface area (Å²) >= 11 is 0. The van der Waals surface area contributed by atoms with Gasteiger partial charge in [0.25, 0.3) is 0 Å². The van der Waals surface area contributed by atoms with Crippen LogP contribution in [0.5, 0.6) is 11.5 Å². The highest BCUT2D eigenvalue weighted by Gasteiger charge is 2.64. The first-order chi connectivity index (χ1) is 10.1. The fourth-order valence-electron chi connectivity index (χ4n) is 4.99. The Labute approximate surface area is 123 Å². The lowest BCUT2D eigenvalue weighted by Crippen LogP contribution is -2.64. The summed E-state index contributed by atoms with van der Waals surface area (Å²) in [7, 11) is 2.15. The Kier molecular flexibility index (Phi) is 2.01. The highest BCUT2D eigenvalue weighted by molar-refractivity contribution is 5.62. The van der Waals surface area contributed by atoms with Crippen LogP contribution >= 0.6 is 0 Å². The quantitative estimate of drug-likeness (QED) is 0.686. The van der Waals surface area contributed by atoms with Crippen molar-refractivity contribution in [3.63, 3.8) is 0 Å². The summed E-state index contributed by atoms with van der Waals surface area (Å²) in [6.07, 6.45) is 0.738. The highest BCUT2D eigenvalue weighted by atomic mass is 16.5. The molecule has 2 heterocycles. The number of hydrogen-bond donors (Lipinski definition) is 2. The van der Waals surface area contributed by atoms with Gasteiger partial charge in [0.05, 0.1) is 5.41 Å². The molecule has 2 bridgehead atoms. The molecule has 0 amide bonds. The molecule has 5 rings (SSSR count). The van der Waals surface area contributed by atoms with Crippen molar-refractivity contribution in [1.82, 2.24) is 4.90 Å². The van der Waals surface area contributed by atoms with Crippen molar-refractivity contribution in [3.05, 3.63) is 23.3 Å². The maximum Gasteiger partial charge on any atom is 0.165 e. The van der Waals surface area contributed by atoms with E-state index in [1.165, 1.54) is 5.56 Å². The van der Waals surface area contributed by atoms with Crippen LogP contribution in [0.2, 0.25) is 0 Å². The number of hydrogen-bond acceptors (Lipinski definition) is 4. The van der Waals surface area contributed by atoms with E-state index in [1.54, 1.807) is 6.07 Å². The number of likely N-dealkylation sites (tertiary alicyclic amines) is 1. The number of aliphatic hydroxyl groups is 1. The predicted molar refractivity (Wildman–Crippen MR) is 76.2 cm³/mol. The zero-order chi connectivity index (χ0) is 14.4. The van der Waals surface area contributed by atoms with E-state index in [0.717, 1.165) is 24.9 Å². The zero-order valence-corrected chi connectivity index (χ0v) is 11.8. The van der Waals surface area contributed by atoms with E-state index >= 15 is 0 Å². The lowest BCUT2D eigenvalue weighted by atomic mass is 9.54. The predicted octanol–water partition coefficient (Wildman–Crippen LogP) is 0.645. The molecule has 1 saturated heterocycles. The molecule has 0 radical (unpaired) electrons. The van der Waals surface area contributed by atoms with Crippen LogP contribution in [-0.4, -0.2) is 47.0 Å². The molecule has 21 heavy (non-hydrogen) atoms. The van der Waals surface area contributed by atoms with Crippen LogP contribution in [0.4, 0.5) is 0 Å². The number of rotatable bonds is 0. The lowest BCUT2D eigenvalue weighted by molar-refractivity contribution is -0.0363. The third-order valence-electron chi connectivity index (χ3n) is 5.93. The maximum absolute atomic E-state index is 10.4. The summed E-state index contributed by atoms with van der Waals surface area (Å²) in [4.78, 5) is 2.38. The van der Waals surface area contributed by atoms with Crippen molar-refractivity contribution in [2.24, 2.45) is 5.92 Å². The molecule has 1 aromatic carbocycles. The minimum absolute atomic E-state index is 0.181. The number of aliphatic hydroxyl groups excluding tert-OH is 1. The van der Waals surface area contributed by atoms with Crippen molar-refractivity contribution in [1.29, 1.82) is 0 Å². The fraction of sp³-hybridized carbons (Fsp3) is 0.529. The summed E-state index contributed by atoms with van der Waals surface area (Å²) in [5.41, 5.74) is 2.12. The molecular formula is C17H17NO3. The van der Waals surface area contributed by atoms with Gasteiger partial charge in [0.1, 0.15) is 6.10 Å². The molecule has 2 aliphatic carbocycles. The van der Waals surface area contributed by atoms with E-state index in [-0.39, 0.29) is 23.2 Å². The molecule has 108 valence electrons. The normalized spacial score (nSPS) is 41.8. The Balaban J connectivity index is 1.86. The van der Waals surface area contributed by atoms with Gasteiger partial charge in [0, 0.05) is 17.5 Å². The molecule has 1 fully saturated rings. The Hall–Kier alpha value is -1.70. The van der Waals surface area contributed by atoms with Gasteiger partial charge in [-0.3, -0.25) is 0 Å². The Bertz CT molecular complexity index is 719. The maximum atomic E-state index is 10.4. The zero-order valence-electron chi connectivity index (χ0n) is 11.8. The van der Waals surface area contributed by atoms with Gasteiger partial charge in [-0.1, -0.05) is 17.9 Å². The Morgan fingerprint density at radius 3 is 3.10 bits per heavy atom. The van der Waals surface area contributed by atoms with E-state index in [0.29, 0.717) is 11.8 Å². The number of piperidine rings is 1. The number of likely N-dealkylation sites (N-methyl/N-ethyl adjacent to an activating group) is 1. The van der Waals surface area contributed by atoms with Crippen LogP contribution in [0, 0.1) is 17.8 Å². The van der Waals surface area contributed by atoms with Crippen LogP contribution in [0.15, 0.2) is 12.1 Å². The second-order valence-corrected chi connectivity index (χ2v) is 6.74. The van der Waals surface area contributed by atoms with Crippen LogP contribution in [-0.2, 0) is 11.8 Å². The van der Waals surface area contributed by atoms with Gasteiger partial charge in [-0.25, -0.2) is 0 Å². The van der Waals surface area contributed by atoms with Gasteiger partial charge in [-0.15, -0.1) is 0 Å². The highest BCUT2D eigenvalue weighted by Crippen LogP contribution is 2.61. The number of nitrogens with zero attached hydrogens (tertiary/aromatic N) is 1. The van der Waals surface area contributed by atoms with Crippen molar-refractivity contribution in [3.8, 4) is 23.3 Å². The van der Waals surface area contributed by atoms with E-state index in [2.05, 4.69) is 23.8 Å². The lowest BCUT2D eigenvalue weighted by Gasteiger charge is -2.54. The molecule has 1 aromatic rings. The van der Waals surface area contributed by atoms with E-state index in [1.807, 2.05) is 6.07 Å². The minimum atomic E-state index is -0.775. The summed E-state index contributed by atoms with van der Waals surface area (Å²) in [6.45, 7) is 0.976. The van der Waals surface area contributed by atoms with E-state index in [4.69, 9.17) is 4.74 Å². The SMILES string of the molecule is CN1CC[C@]23c4c5ccc(O)c4O[C@H]2[C@@H](O)C#C[C@H]3[C@H]1C5. The third kappa shape index (κ3) is 1.18. The van der Waals surface area contributed by atoms with Gasteiger partial charge in [-0.05, 0) is 38.1 Å². The monoisotopic (exact) mass is 283 g/mol. The van der Waals surface area contributed by atoms with Crippen LogP contribution in [0.1, 0.15) is 17.5 Å². The molecular weight excluding hydrogens is 266 g/mol. The molecule has 0 aromatic heterocycles. The average Bonchev–Trinajstić information content (AvgIpc) is 2.83. The first kappa shape index (κ1) is 11.9. The van der Waals surface area contributed by atoms with Crippen molar-refractivity contribution < 1.29 is 14.9 Å². The Morgan fingerprint density at radius 2 is 2.24 bits per heavy atom. The van der Waals surface area contributed by atoms with E-state index < -0.39 is 6.10 Å². The first-order valence-electron chi connectivity index (χ1n) is 7.54. The number of phenolic OH excluding ortho intramolecular Hbond substituents is 1. The average molecular weight is 283 g/mol. The van der Waals surface area contributed by atoms with Crippen LogP contribution < -0.4 is 4.74 Å². The van der Waals surface area contributed by atoms with Gasteiger partial charge in [0.2, 0.25) is 0 Å². The van der Waals surface area contributed by atoms with Gasteiger partial charge < -0.3 is 19.8 Å². The molecule has 1 spiro atoms. The molecule has 2 N–H and O–H groups in total. The van der Waals surface area contributed by atoms with Crippen LogP contribution in [0.25, 0.3) is 0 Å². The minimum Gasteiger partial charge on any atom is -0.504 e. The molecule has 4 nitrogen and oxygen atoms in total. The number of aromatic hydroxyl groups is 1. The van der Waals surface area contributed by atoms with Gasteiger partial charge >= 0.3 is 0 Å². The topological polar surface area (TPSA) is 52.9 Å². The van der Waals surface area contributed by atoms with Gasteiger partial charge in [0.15, 0.2) is 17.6 Å². The van der Waals surface area contributed by atoms with E-state index in [9.17, 15) is 10.2 Å². The number of phenols is 1. The van der Waals surface area contributed by atoms with Crippen molar-refractivity contribution in [2.75, 3.05) is 13.6 Å². The first-order valence-corrected chi connectivity index (χ1v) is 7.54. The van der Waals surface area contributed by atoms with Crippen molar-refractivity contribution >= 4 is 0 Å². The number of ether oxygens (including phenoxy) is 1. The largest absolute Gasteiger partial charge is 0.504 e. The second-order valence-electron chi connectivity index (χ2n) is 6.74. The molecule has 0 unspecified atom stereocenters. The smallest absolute Gasteiger partial charge is 0.165 e. The molecule has 4 heteroatoms. The van der Waals surface area contributed by atoms with Crippen molar-refractivity contribution in [2.45, 2.75) is 36.5 Å². The van der Waals surface area contributed by atoms with Gasteiger partial charge in [-0.2, -0.15) is 0 Å². The summed E-state index contributed by atoms with van der Waals surface area (Å²) in [6, 6.07) is 4.09. The summed E-state index contributed by atoms with van der Waals surface area (Å²) in [5, 5.41) is 20.5. The van der Waals surface area contributed by atoms with Crippen LogP contribution in [0.3, 0.4) is 0 Å². The Morgan fingerprint density at radius 1 is 1.38 bits per heavy atom. The number of benzene rings is 1. The third-order valence-corrected chi connectivity index (χ3v) is 5.93. The molecule has 5 atom stereocenters. The molecule has 2 aliphatic heterocycles. The fourth-order valence-corrected chi connectivity index (χ4v) is 4.99. The molecule has 0 saturated carbocycles. The standard InChI is InChI=1S/C17H17NO3/c1-18-7-6-17-10-3-5-13(20)16(17)21-15-12(19)4-2-9(14(15)17)8-11(10)18/h2,4,10-11,13,16,19-20H,6-8H2,1H3/t10-,11+,13-,16-,17-/m0/s1. The molecule has 4 aliphatic rings. The summed E-state index contributed by atoms with van der Waals surface area (Å²) < 4.78 is 6.04.